The highest BCUT2D eigenvalue weighted by molar-refractivity contribution is 8.00. The number of ether oxygens (including phenoxy) is 1. The number of rotatable bonds is 3. The average Bonchev–Trinajstić information content (AvgIpc) is 2.15. The highest BCUT2D eigenvalue weighted by Crippen LogP contribution is 2.40. The van der Waals surface area contributed by atoms with Gasteiger partial charge in [-0.2, -0.15) is 13.2 Å². The van der Waals surface area contributed by atoms with Crippen molar-refractivity contribution >= 4 is 17.4 Å². The van der Waals surface area contributed by atoms with E-state index >= 15 is 0 Å². The van der Waals surface area contributed by atoms with Crippen LogP contribution in [0.25, 0.3) is 0 Å². The Kier molecular flexibility index (Phi) is 3.63. The van der Waals surface area contributed by atoms with E-state index in [1.54, 1.807) is 0 Å². The Morgan fingerprint density at radius 3 is 2.50 bits per heavy atom. The maximum absolute atomic E-state index is 12.0. The third-order valence-corrected chi connectivity index (χ3v) is 2.30. The fourth-order valence-corrected chi connectivity index (χ4v) is 1.58. The molecule has 0 amide bonds. The summed E-state index contributed by atoms with van der Waals surface area (Å²) < 4.78 is 40.7. The number of hydrogen-bond donors (Lipinski definition) is 0. The van der Waals surface area contributed by atoms with Gasteiger partial charge < -0.3 is 4.74 Å². The first-order valence-electron chi connectivity index (χ1n) is 3.91. The summed E-state index contributed by atoms with van der Waals surface area (Å²) in [6.07, 6.45) is 0. The molecule has 0 fully saturated rings. The Bertz CT molecular complexity index is 408. The van der Waals surface area contributed by atoms with Crippen molar-refractivity contribution in [3.05, 3.63) is 28.3 Å². The molecule has 0 spiro atoms. The van der Waals surface area contributed by atoms with E-state index in [9.17, 15) is 23.3 Å². The molecule has 8 heteroatoms. The lowest BCUT2D eigenvalue weighted by Crippen LogP contribution is -2.00. The van der Waals surface area contributed by atoms with Gasteiger partial charge in [-0.15, -0.1) is 0 Å². The summed E-state index contributed by atoms with van der Waals surface area (Å²) in [5.74, 6) is -0.0727. The van der Waals surface area contributed by atoms with Crippen molar-refractivity contribution in [3.63, 3.8) is 0 Å². The fraction of sp³-hybridized carbons (Fsp3) is 0.250. The van der Waals surface area contributed by atoms with Crippen LogP contribution in [-0.2, 0) is 0 Å². The maximum atomic E-state index is 12.0. The van der Waals surface area contributed by atoms with E-state index in [1.807, 2.05) is 0 Å². The van der Waals surface area contributed by atoms with Crippen LogP contribution in [0.4, 0.5) is 18.9 Å². The fourth-order valence-electron chi connectivity index (χ4n) is 1.01. The van der Waals surface area contributed by atoms with Gasteiger partial charge in [-0.1, -0.05) is 0 Å². The molecular weight excluding hydrogens is 247 g/mol. The van der Waals surface area contributed by atoms with Gasteiger partial charge in [0, 0.05) is 11.0 Å². The summed E-state index contributed by atoms with van der Waals surface area (Å²) in [4.78, 5) is 9.49. The topological polar surface area (TPSA) is 52.4 Å². The molecule has 0 aliphatic heterocycles. The second-order valence-corrected chi connectivity index (χ2v) is 3.78. The molecule has 0 saturated heterocycles. The quantitative estimate of drug-likeness (QED) is 0.471. The Morgan fingerprint density at radius 2 is 2.06 bits per heavy atom. The summed E-state index contributed by atoms with van der Waals surface area (Å²) >= 11 is -0.408. The van der Waals surface area contributed by atoms with Crippen LogP contribution in [0.2, 0.25) is 0 Å². The Morgan fingerprint density at radius 1 is 1.44 bits per heavy atom. The highest BCUT2D eigenvalue weighted by Gasteiger charge is 2.30. The molecule has 1 aromatic carbocycles. The predicted octanol–water partition coefficient (Wildman–Crippen LogP) is 3.22. The van der Waals surface area contributed by atoms with Crippen LogP contribution >= 0.6 is 11.8 Å². The number of methoxy groups -OCH3 is 1. The summed E-state index contributed by atoms with van der Waals surface area (Å²) in [5, 5.41) is 10.5. The summed E-state index contributed by atoms with van der Waals surface area (Å²) in [6.45, 7) is 0. The molecule has 0 heterocycles. The van der Waals surface area contributed by atoms with Gasteiger partial charge in [0.05, 0.1) is 12.0 Å². The lowest BCUT2D eigenvalue weighted by Gasteiger charge is -2.06. The van der Waals surface area contributed by atoms with E-state index < -0.39 is 27.9 Å². The molecule has 16 heavy (non-hydrogen) atoms. The number of halogens is 3. The second-order valence-electron chi connectivity index (χ2n) is 2.64. The van der Waals surface area contributed by atoms with E-state index in [-0.39, 0.29) is 10.6 Å². The minimum absolute atomic E-state index is 0.0727. The van der Waals surface area contributed by atoms with Crippen LogP contribution < -0.4 is 4.74 Å². The number of nitrogens with zero attached hydrogens (tertiary/aromatic N) is 1. The molecule has 0 aliphatic rings. The lowest BCUT2D eigenvalue weighted by atomic mass is 10.3. The van der Waals surface area contributed by atoms with Crippen molar-refractivity contribution in [2.75, 3.05) is 7.11 Å². The van der Waals surface area contributed by atoms with Crippen LogP contribution in [0.1, 0.15) is 0 Å². The SMILES string of the molecule is COc1ccc(SC(F)(F)F)cc1[N+](=O)[O-]. The normalized spacial score (nSPS) is 11.2. The number of hydrogen-bond acceptors (Lipinski definition) is 4. The molecule has 0 bridgehead atoms. The molecule has 0 radical (unpaired) electrons. The van der Waals surface area contributed by atoms with Gasteiger partial charge >= 0.3 is 11.2 Å². The van der Waals surface area contributed by atoms with Gasteiger partial charge in [-0.3, -0.25) is 10.1 Å². The van der Waals surface area contributed by atoms with Crippen molar-refractivity contribution in [2.45, 2.75) is 10.4 Å². The van der Waals surface area contributed by atoms with Crippen molar-refractivity contribution in [3.8, 4) is 5.75 Å². The maximum Gasteiger partial charge on any atom is 0.446 e. The van der Waals surface area contributed by atoms with E-state index in [0.717, 1.165) is 18.2 Å². The molecule has 0 aromatic heterocycles. The van der Waals surface area contributed by atoms with Gasteiger partial charge in [0.2, 0.25) is 0 Å². The van der Waals surface area contributed by atoms with Crippen LogP contribution in [0.3, 0.4) is 0 Å². The van der Waals surface area contributed by atoms with Crippen LogP contribution in [0.15, 0.2) is 23.1 Å². The van der Waals surface area contributed by atoms with Crippen molar-refractivity contribution < 1.29 is 22.8 Å². The molecule has 0 unspecified atom stereocenters. The number of benzene rings is 1. The smallest absolute Gasteiger partial charge is 0.446 e. The standard InChI is InChI=1S/C8H6F3NO3S/c1-15-7-3-2-5(16-8(9,10)11)4-6(7)12(13)14/h2-4H,1H3. The zero-order valence-electron chi connectivity index (χ0n) is 7.95. The zero-order valence-corrected chi connectivity index (χ0v) is 8.76. The van der Waals surface area contributed by atoms with E-state index in [2.05, 4.69) is 4.74 Å². The van der Waals surface area contributed by atoms with Crippen LogP contribution in [0, 0.1) is 10.1 Å². The van der Waals surface area contributed by atoms with Gasteiger partial charge in [-0.05, 0) is 23.9 Å². The first kappa shape index (κ1) is 12.6. The Labute approximate surface area is 92.5 Å². The van der Waals surface area contributed by atoms with Crippen molar-refractivity contribution in [1.82, 2.24) is 0 Å². The first-order valence-corrected chi connectivity index (χ1v) is 4.73. The van der Waals surface area contributed by atoms with E-state index in [0.29, 0.717) is 0 Å². The summed E-state index contributed by atoms with van der Waals surface area (Å²) in [6, 6.07) is 3.08. The predicted molar refractivity (Wildman–Crippen MR) is 51.6 cm³/mol. The Hall–Kier alpha value is -1.44. The van der Waals surface area contributed by atoms with Crippen LogP contribution in [-0.4, -0.2) is 17.5 Å². The average molecular weight is 253 g/mol. The second kappa shape index (κ2) is 4.60. The van der Waals surface area contributed by atoms with Gasteiger partial charge in [0.15, 0.2) is 5.75 Å². The third kappa shape index (κ3) is 3.30. The van der Waals surface area contributed by atoms with Gasteiger partial charge in [-0.25, -0.2) is 0 Å². The highest BCUT2D eigenvalue weighted by atomic mass is 32.2. The molecule has 88 valence electrons. The summed E-state index contributed by atoms with van der Waals surface area (Å²) in [7, 11) is 1.21. The molecule has 4 nitrogen and oxygen atoms in total. The molecule has 0 N–H and O–H groups in total. The van der Waals surface area contributed by atoms with E-state index in [4.69, 9.17) is 0 Å². The molecule has 0 saturated carbocycles. The number of nitro benzene ring substituents is 1. The first-order chi connectivity index (χ1) is 7.33. The number of thioether (sulfide) groups is 1. The third-order valence-electron chi connectivity index (χ3n) is 1.58. The monoisotopic (exact) mass is 253 g/mol. The zero-order chi connectivity index (χ0) is 12.3. The molecule has 0 atom stereocenters. The summed E-state index contributed by atoms with van der Waals surface area (Å²) in [5.41, 5.74) is -4.96. The largest absolute Gasteiger partial charge is 0.490 e. The Balaban J connectivity index is 3.07. The number of nitro groups is 1. The van der Waals surface area contributed by atoms with Crippen molar-refractivity contribution in [1.29, 1.82) is 0 Å². The van der Waals surface area contributed by atoms with Gasteiger partial charge in [0.25, 0.3) is 0 Å². The molecular formula is C8H6F3NO3S. The molecule has 0 aliphatic carbocycles. The number of alkyl halides is 3. The minimum atomic E-state index is -4.47. The lowest BCUT2D eigenvalue weighted by molar-refractivity contribution is -0.386. The van der Waals surface area contributed by atoms with Gasteiger partial charge in [0.1, 0.15) is 0 Å². The molecule has 1 rings (SSSR count). The van der Waals surface area contributed by atoms with E-state index in [1.165, 1.54) is 7.11 Å². The molecule has 1 aromatic rings. The minimum Gasteiger partial charge on any atom is -0.490 e. The van der Waals surface area contributed by atoms with Crippen molar-refractivity contribution in [2.24, 2.45) is 0 Å². The van der Waals surface area contributed by atoms with Crippen LogP contribution in [0.5, 0.6) is 5.75 Å².